The van der Waals surface area contributed by atoms with Gasteiger partial charge in [-0.15, -0.1) is 0 Å². The van der Waals surface area contributed by atoms with Gasteiger partial charge in [0.2, 0.25) is 0 Å². The van der Waals surface area contributed by atoms with Crippen LogP contribution in [-0.4, -0.2) is 0 Å². The number of hydrogen-bond acceptors (Lipinski definition) is 6. The molecular formula is C36H12F2N6. The molecule has 6 rings (SSSR count). The standard InChI is InChI=1S/C36H12F2N6/c37-29-11-3-5-21(27(29)17-43)23-7-1-9-25-31(19(13-39)14-40)35-34-24(22-6-4-12-30(38)28(22)18-44)8-2-10-26(34)32(20(15-41)16-42)36(35)33(23)25/h1-12H. The molecule has 4 aromatic carbocycles. The zero-order chi connectivity index (χ0) is 31.1. The van der Waals surface area contributed by atoms with Crippen LogP contribution in [0, 0.1) is 79.6 Å². The molecule has 6 nitrogen and oxygen atoms in total. The Bertz CT molecular complexity index is 2170. The molecule has 0 saturated heterocycles. The number of nitrogens with zero attached hydrogens (tertiary/aromatic N) is 6. The number of allylic oxidation sites excluding steroid dienone is 6. The van der Waals surface area contributed by atoms with Crippen molar-refractivity contribution in [3.63, 3.8) is 0 Å². The summed E-state index contributed by atoms with van der Waals surface area (Å²) < 4.78 is 29.7. The second-order valence-electron chi connectivity index (χ2n) is 9.70. The Morgan fingerprint density at radius 2 is 0.750 bits per heavy atom. The van der Waals surface area contributed by atoms with Crippen molar-refractivity contribution in [1.29, 1.82) is 31.6 Å². The second-order valence-corrected chi connectivity index (χ2v) is 9.70. The first-order valence-corrected chi connectivity index (χ1v) is 12.9. The van der Waals surface area contributed by atoms with Gasteiger partial charge in [0.25, 0.3) is 0 Å². The Balaban J connectivity index is 1.87. The van der Waals surface area contributed by atoms with Crippen molar-refractivity contribution in [2.75, 3.05) is 0 Å². The minimum Gasteiger partial charge on any atom is -0.206 e. The number of fused-ring (bicyclic) bond motifs is 4. The highest BCUT2D eigenvalue weighted by Gasteiger charge is 2.42. The van der Waals surface area contributed by atoms with E-state index >= 15 is 0 Å². The molecule has 0 fully saturated rings. The molecule has 200 valence electrons. The van der Waals surface area contributed by atoms with Gasteiger partial charge in [0.1, 0.15) is 59.2 Å². The van der Waals surface area contributed by atoms with Gasteiger partial charge in [-0.3, -0.25) is 0 Å². The summed E-state index contributed by atoms with van der Waals surface area (Å²) in [7, 11) is 0. The lowest BCUT2D eigenvalue weighted by molar-refractivity contribution is 0.624. The maximum atomic E-state index is 14.9. The lowest BCUT2D eigenvalue weighted by Crippen LogP contribution is -2.00. The van der Waals surface area contributed by atoms with E-state index in [0.29, 0.717) is 44.5 Å². The molecule has 0 atom stereocenters. The van der Waals surface area contributed by atoms with Crippen molar-refractivity contribution in [3.05, 3.63) is 129 Å². The number of rotatable bonds is 2. The van der Waals surface area contributed by atoms with Gasteiger partial charge in [0.05, 0.1) is 11.1 Å². The fourth-order valence-electron chi connectivity index (χ4n) is 6.05. The highest BCUT2D eigenvalue weighted by Crippen LogP contribution is 2.62. The van der Waals surface area contributed by atoms with Crippen molar-refractivity contribution < 1.29 is 8.78 Å². The average Bonchev–Trinajstić information content (AvgIpc) is 3.55. The third-order valence-electron chi connectivity index (χ3n) is 7.70. The Morgan fingerprint density at radius 3 is 1.09 bits per heavy atom. The van der Waals surface area contributed by atoms with Crippen molar-refractivity contribution in [2.45, 2.75) is 0 Å². The lowest BCUT2D eigenvalue weighted by atomic mass is 9.83. The normalized spacial score (nSPS) is 12.0. The van der Waals surface area contributed by atoms with E-state index in [0.717, 1.165) is 12.1 Å². The molecule has 0 spiro atoms. The molecule has 0 aliphatic heterocycles. The zero-order valence-electron chi connectivity index (χ0n) is 22.4. The van der Waals surface area contributed by atoms with E-state index in [4.69, 9.17) is 0 Å². The molecule has 0 heterocycles. The predicted molar refractivity (Wildman–Crippen MR) is 156 cm³/mol. The highest BCUT2D eigenvalue weighted by atomic mass is 19.1. The first kappa shape index (κ1) is 27.1. The highest BCUT2D eigenvalue weighted by molar-refractivity contribution is 6.39. The second kappa shape index (κ2) is 10.4. The third-order valence-corrected chi connectivity index (χ3v) is 7.70. The zero-order valence-corrected chi connectivity index (χ0v) is 22.4. The maximum Gasteiger partial charge on any atom is 0.141 e. The summed E-state index contributed by atoms with van der Waals surface area (Å²) in [6.07, 6.45) is 0. The van der Waals surface area contributed by atoms with E-state index in [9.17, 15) is 40.4 Å². The summed E-state index contributed by atoms with van der Waals surface area (Å²) in [5.74, 6) is -1.50. The van der Waals surface area contributed by atoms with Crippen LogP contribution in [0.4, 0.5) is 8.78 Å². The molecule has 4 aromatic rings. The van der Waals surface area contributed by atoms with Gasteiger partial charge in [0, 0.05) is 33.4 Å². The number of benzene rings is 4. The van der Waals surface area contributed by atoms with Crippen molar-refractivity contribution >= 4 is 22.3 Å². The molecule has 0 aromatic heterocycles. The molecule has 0 unspecified atom stereocenters. The van der Waals surface area contributed by atoms with Crippen LogP contribution in [0.3, 0.4) is 0 Å². The molecule has 0 saturated carbocycles. The molecule has 0 amide bonds. The Hall–Kier alpha value is -7.10. The quantitative estimate of drug-likeness (QED) is 0.229. The van der Waals surface area contributed by atoms with E-state index in [2.05, 4.69) is 0 Å². The molecule has 2 aliphatic carbocycles. The molecule has 44 heavy (non-hydrogen) atoms. The maximum absolute atomic E-state index is 14.9. The number of nitriles is 6. The van der Waals surface area contributed by atoms with Crippen LogP contribution in [0.5, 0.6) is 0 Å². The lowest BCUT2D eigenvalue weighted by Gasteiger charge is -2.18. The Labute approximate surface area is 250 Å². The van der Waals surface area contributed by atoms with Crippen LogP contribution in [0.1, 0.15) is 33.4 Å². The predicted octanol–water partition coefficient (Wildman–Crippen LogP) is 7.58. The first-order chi connectivity index (χ1) is 21.4. The number of halogens is 2. The van der Waals surface area contributed by atoms with Crippen LogP contribution < -0.4 is 0 Å². The SMILES string of the molecule is N#CC(C#N)=C1C2=C(C(=C(C#N)C#N)c3cccc(-c4cccc(F)c4C#N)c32)c2c1cccc2-c1cccc(F)c1C#N. The summed E-state index contributed by atoms with van der Waals surface area (Å²) in [4.78, 5) is 0. The topological polar surface area (TPSA) is 143 Å². The van der Waals surface area contributed by atoms with E-state index in [-0.39, 0.29) is 44.5 Å². The molecular weight excluding hydrogens is 554 g/mol. The summed E-state index contributed by atoms with van der Waals surface area (Å²) in [5.41, 5.74) is 2.84. The van der Waals surface area contributed by atoms with Crippen molar-refractivity contribution in [1.82, 2.24) is 0 Å². The Kier molecular flexibility index (Phi) is 6.39. The van der Waals surface area contributed by atoms with Crippen LogP contribution in [0.25, 0.3) is 44.5 Å². The molecule has 2 aliphatic rings. The van der Waals surface area contributed by atoms with E-state index in [1.54, 1.807) is 48.5 Å². The van der Waals surface area contributed by atoms with Crippen LogP contribution >= 0.6 is 0 Å². The minimum atomic E-state index is -0.752. The van der Waals surface area contributed by atoms with Gasteiger partial charge in [-0.25, -0.2) is 8.78 Å². The smallest absolute Gasteiger partial charge is 0.141 e. The number of hydrogen-bond donors (Lipinski definition) is 0. The van der Waals surface area contributed by atoms with E-state index in [1.807, 2.05) is 36.4 Å². The van der Waals surface area contributed by atoms with Crippen LogP contribution in [0.15, 0.2) is 83.9 Å². The summed E-state index contributed by atoms with van der Waals surface area (Å²) in [6, 6.07) is 29.8. The molecule has 0 radical (unpaired) electrons. The minimum absolute atomic E-state index is 0.200. The first-order valence-electron chi connectivity index (χ1n) is 12.9. The van der Waals surface area contributed by atoms with E-state index in [1.165, 1.54) is 12.1 Å². The summed E-state index contributed by atoms with van der Waals surface area (Å²) >= 11 is 0. The third kappa shape index (κ3) is 3.64. The largest absolute Gasteiger partial charge is 0.206 e. The van der Waals surface area contributed by atoms with Gasteiger partial charge in [0.15, 0.2) is 0 Å². The van der Waals surface area contributed by atoms with Crippen molar-refractivity contribution in [2.24, 2.45) is 0 Å². The van der Waals surface area contributed by atoms with Crippen molar-refractivity contribution in [3.8, 4) is 58.7 Å². The van der Waals surface area contributed by atoms with Gasteiger partial charge in [-0.1, -0.05) is 60.7 Å². The van der Waals surface area contributed by atoms with Crippen LogP contribution in [-0.2, 0) is 0 Å². The Morgan fingerprint density at radius 1 is 0.432 bits per heavy atom. The monoisotopic (exact) mass is 566 g/mol. The van der Waals surface area contributed by atoms with Gasteiger partial charge in [-0.2, -0.15) is 31.6 Å². The summed E-state index contributed by atoms with van der Waals surface area (Å²) in [6.45, 7) is 0. The molecule has 8 heteroatoms. The van der Waals surface area contributed by atoms with Gasteiger partial charge in [-0.05, 0) is 45.5 Å². The van der Waals surface area contributed by atoms with Crippen LogP contribution in [0.2, 0.25) is 0 Å². The average molecular weight is 567 g/mol. The molecule has 0 N–H and O–H groups in total. The fraction of sp³-hybridized carbons (Fsp3) is 0. The molecule has 0 bridgehead atoms. The fourth-order valence-corrected chi connectivity index (χ4v) is 6.05. The van der Waals surface area contributed by atoms with Gasteiger partial charge >= 0.3 is 0 Å². The van der Waals surface area contributed by atoms with Gasteiger partial charge < -0.3 is 0 Å². The summed E-state index contributed by atoms with van der Waals surface area (Å²) in [5, 5.41) is 60.1. The van der Waals surface area contributed by atoms with E-state index < -0.39 is 11.6 Å².